The molecule has 5 nitrogen and oxygen atoms in total. The van der Waals surface area contributed by atoms with Crippen LogP contribution in [0.2, 0.25) is 5.02 Å². The van der Waals surface area contributed by atoms with Crippen LogP contribution in [0.25, 0.3) is 0 Å². The van der Waals surface area contributed by atoms with Crippen molar-refractivity contribution in [1.82, 2.24) is 4.90 Å². The number of aliphatic carboxylic acids is 1. The summed E-state index contributed by atoms with van der Waals surface area (Å²) in [5.74, 6) is -0.674. The maximum absolute atomic E-state index is 12.5. The van der Waals surface area contributed by atoms with Crippen LogP contribution in [0.5, 0.6) is 11.5 Å². The highest BCUT2D eigenvalue weighted by atomic mass is 35.5. The van der Waals surface area contributed by atoms with Gasteiger partial charge in [-0.25, -0.2) is 0 Å². The highest BCUT2D eigenvalue weighted by Crippen LogP contribution is 2.40. The van der Waals surface area contributed by atoms with Crippen molar-refractivity contribution in [2.75, 3.05) is 19.9 Å². The third-order valence-corrected chi connectivity index (χ3v) is 2.94. The summed E-state index contributed by atoms with van der Waals surface area (Å²) >= 11 is 5.94. The first kappa shape index (κ1) is 15.7. The Balaban J connectivity index is 2.16. The zero-order valence-electron chi connectivity index (χ0n) is 10.6. The van der Waals surface area contributed by atoms with Crippen LogP contribution >= 0.6 is 11.6 Å². The molecule has 0 bridgehead atoms. The van der Waals surface area contributed by atoms with E-state index in [0.717, 1.165) is 4.90 Å². The van der Waals surface area contributed by atoms with Crippen molar-refractivity contribution in [1.29, 1.82) is 0 Å². The van der Waals surface area contributed by atoms with Crippen molar-refractivity contribution in [3.8, 4) is 11.5 Å². The first-order chi connectivity index (χ1) is 9.74. The molecule has 0 aliphatic carbocycles. The van der Waals surface area contributed by atoms with Crippen LogP contribution < -0.4 is 9.47 Å². The molecule has 0 saturated heterocycles. The molecule has 0 fully saturated rings. The monoisotopic (exact) mass is 325 g/mol. The zero-order chi connectivity index (χ0) is 15.6. The Morgan fingerprint density at radius 2 is 2.10 bits per heavy atom. The number of carboxylic acid groups (broad SMARTS) is 1. The quantitative estimate of drug-likeness (QED) is 0.901. The van der Waals surface area contributed by atoms with Gasteiger partial charge < -0.3 is 14.6 Å². The fraction of sp³-hybridized carbons (Fsp3) is 0.417. The number of nitrogens with zero attached hydrogens (tertiary/aromatic N) is 1. The molecule has 0 saturated carbocycles. The minimum atomic E-state index is -4.49. The molecule has 21 heavy (non-hydrogen) atoms. The number of fused-ring (bicyclic) bond motifs is 1. The van der Waals surface area contributed by atoms with Gasteiger partial charge in [0.1, 0.15) is 0 Å². The zero-order valence-corrected chi connectivity index (χ0v) is 11.4. The molecule has 0 aromatic heterocycles. The lowest BCUT2D eigenvalue weighted by atomic mass is 10.2. The van der Waals surface area contributed by atoms with Gasteiger partial charge in [0.25, 0.3) is 0 Å². The van der Waals surface area contributed by atoms with E-state index in [2.05, 4.69) is 0 Å². The Morgan fingerprint density at radius 3 is 2.71 bits per heavy atom. The second-order valence-corrected chi connectivity index (χ2v) is 4.87. The first-order valence-corrected chi connectivity index (χ1v) is 6.21. The van der Waals surface area contributed by atoms with E-state index in [1.54, 1.807) is 0 Å². The number of ether oxygens (including phenoxy) is 2. The lowest BCUT2D eigenvalue weighted by molar-refractivity contribution is -0.154. The fourth-order valence-corrected chi connectivity index (χ4v) is 2.27. The van der Waals surface area contributed by atoms with E-state index in [0.29, 0.717) is 17.1 Å². The normalized spacial score (nSPS) is 13.8. The van der Waals surface area contributed by atoms with E-state index in [9.17, 15) is 18.0 Å². The molecule has 0 atom stereocenters. The minimum absolute atomic E-state index is 0.0140. The average molecular weight is 326 g/mol. The molecule has 9 heteroatoms. The standard InChI is InChI=1S/C12H11ClF3NO4/c13-8-1-7(2-9-11(8)21-6-20-9)3-17(4-10(18)19)5-12(14,15)16/h1-2H,3-6H2,(H,18,19). The van der Waals surface area contributed by atoms with E-state index < -0.39 is 25.2 Å². The maximum Gasteiger partial charge on any atom is 0.401 e. The van der Waals surface area contributed by atoms with E-state index in [4.69, 9.17) is 26.2 Å². The van der Waals surface area contributed by atoms with Gasteiger partial charge in [0.05, 0.1) is 18.1 Å². The van der Waals surface area contributed by atoms with Crippen molar-refractivity contribution >= 4 is 17.6 Å². The highest BCUT2D eigenvalue weighted by molar-refractivity contribution is 6.32. The molecule has 1 aliphatic heterocycles. The van der Waals surface area contributed by atoms with E-state index in [-0.39, 0.29) is 18.4 Å². The van der Waals surface area contributed by atoms with Crippen LogP contribution in [0, 0.1) is 0 Å². The number of halogens is 4. The lowest BCUT2D eigenvalue weighted by Crippen LogP contribution is -2.37. The van der Waals surface area contributed by atoms with Gasteiger partial charge in [-0.3, -0.25) is 9.69 Å². The smallest absolute Gasteiger partial charge is 0.401 e. The van der Waals surface area contributed by atoms with Gasteiger partial charge >= 0.3 is 12.1 Å². The highest BCUT2D eigenvalue weighted by Gasteiger charge is 2.32. The van der Waals surface area contributed by atoms with Gasteiger partial charge in [-0.05, 0) is 17.7 Å². The first-order valence-electron chi connectivity index (χ1n) is 5.83. The van der Waals surface area contributed by atoms with Crippen LogP contribution in [-0.4, -0.2) is 42.0 Å². The molecule has 1 aromatic rings. The Labute approximate surface area is 122 Å². The second kappa shape index (κ2) is 5.98. The van der Waals surface area contributed by atoms with E-state index in [1.165, 1.54) is 12.1 Å². The van der Waals surface area contributed by atoms with Crippen molar-refractivity contribution in [2.45, 2.75) is 12.7 Å². The van der Waals surface area contributed by atoms with Crippen LogP contribution in [-0.2, 0) is 11.3 Å². The number of hydrogen-bond acceptors (Lipinski definition) is 4. The average Bonchev–Trinajstić information content (AvgIpc) is 2.73. The van der Waals surface area contributed by atoms with Gasteiger partial charge in [-0.2, -0.15) is 13.2 Å². The SMILES string of the molecule is O=C(O)CN(Cc1cc(Cl)c2c(c1)OCO2)CC(F)(F)F. The molecule has 2 rings (SSSR count). The summed E-state index contributed by atoms with van der Waals surface area (Å²) in [5.41, 5.74) is 0.412. The Hall–Kier alpha value is -1.67. The van der Waals surface area contributed by atoms with Crippen LogP contribution in [0.3, 0.4) is 0 Å². The third kappa shape index (κ3) is 4.40. The molecule has 1 aliphatic rings. The van der Waals surface area contributed by atoms with Crippen molar-refractivity contribution in [2.24, 2.45) is 0 Å². The van der Waals surface area contributed by atoms with Crippen LogP contribution in [0.4, 0.5) is 13.2 Å². The number of alkyl halides is 3. The van der Waals surface area contributed by atoms with Crippen molar-refractivity contribution in [3.05, 3.63) is 22.7 Å². The lowest BCUT2D eigenvalue weighted by Gasteiger charge is -2.22. The molecule has 1 N–H and O–H groups in total. The van der Waals surface area contributed by atoms with Gasteiger partial charge in [-0.1, -0.05) is 11.6 Å². The summed E-state index contributed by atoms with van der Waals surface area (Å²) in [6.45, 7) is -2.29. The van der Waals surface area contributed by atoms with Crippen molar-refractivity contribution in [3.63, 3.8) is 0 Å². The summed E-state index contributed by atoms with van der Waals surface area (Å²) in [7, 11) is 0. The number of carbonyl (C=O) groups is 1. The summed E-state index contributed by atoms with van der Waals surface area (Å²) in [6.07, 6.45) is -4.49. The Morgan fingerprint density at radius 1 is 1.38 bits per heavy atom. The summed E-state index contributed by atoms with van der Waals surface area (Å²) in [4.78, 5) is 11.4. The molecule has 0 unspecified atom stereocenters. The number of carboxylic acids is 1. The summed E-state index contributed by atoms with van der Waals surface area (Å²) in [5, 5.41) is 8.90. The Kier molecular flexibility index (Phi) is 4.48. The molecular weight excluding hydrogens is 315 g/mol. The van der Waals surface area contributed by atoms with Crippen LogP contribution in [0.15, 0.2) is 12.1 Å². The second-order valence-electron chi connectivity index (χ2n) is 4.47. The summed E-state index contributed by atoms with van der Waals surface area (Å²) < 4.78 is 47.6. The van der Waals surface area contributed by atoms with Gasteiger partial charge in [0.2, 0.25) is 6.79 Å². The molecular formula is C12H11ClF3NO4. The van der Waals surface area contributed by atoms with Gasteiger partial charge in [0, 0.05) is 6.54 Å². The number of hydrogen-bond donors (Lipinski definition) is 1. The van der Waals surface area contributed by atoms with Gasteiger partial charge in [-0.15, -0.1) is 0 Å². The van der Waals surface area contributed by atoms with Crippen molar-refractivity contribution < 1.29 is 32.5 Å². The molecule has 0 spiro atoms. The summed E-state index contributed by atoms with van der Waals surface area (Å²) in [6, 6.07) is 2.92. The minimum Gasteiger partial charge on any atom is -0.480 e. The molecule has 0 radical (unpaired) electrons. The topological polar surface area (TPSA) is 59.0 Å². The maximum atomic E-state index is 12.5. The van der Waals surface area contributed by atoms with E-state index in [1.807, 2.05) is 0 Å². The van der Waals surface area contributed by atoms with E-state index >= 15 is 0 Å². The van der Waals surface area contributed by atoms with Crippen LogP contribution in [0.1, 0.15) is 5.56 Å². The number of rotatable bonds is 5. The van der Waals surface area contributed by atoms with Gasteiger partial charge in [0.15, 0.2) is 11.5 Å². The molecule has 1 heterocycles. The molecule has 0 amide bonds. The molecule has 116 valence electrons. The number of benzene rings is 1. The third-order valence-electron chi connectivity index (χ3n) is 2.65. The largest absolute Gasteiger partial charge is 0.480 e. The predicted octanol–water partition coefficient (Wildman–Crippen LogP) is 2.52. The fourth-order valence-electron chi connectivity index (χ4n) is 1.98. The Bertz CT molecular complexity index is 550. The predicted molar refractivity (Wildman–Crippen MR) is 66.5 cm³/mol. The molecule has 1 aromatic carbocycles.